The third-order valence-corrected chi connectivity index (χ3v) is 13.8. The third-order valence-electron chi connectivity index (χ3n) is 13.2. The van der Waals surface area contributed by atoms with Crippen molar-refractivity contribution < 1.29 is 45.3 Å². The molecule has 448 valence electrons. The summed E-state index contributed by atoms with van der Waals surface area (Å²) in [6.45, 7) is 5.39. The SMILES string of the molecule is C.C1CCOC1.COCCN.COCCNc1nc(Cl)ncc1-c1nc2cc(F)c(F)cc2n1C1CC1.COCCNc1ncncc1-c1nc2cc(F)c(F)cc2n1C1CC1.Fc1cc2nc(-c3cnc(Cl)nc3Cl)n(C3CC3)c2cc1F. The molecular weight excluding hydrogens is 1170 g/mol. The highest BCUT2D eigenvalue weighted by atomic mass is 35.5. The Bertz CT molecular complexity index is 3680. The molecule has 0 amide bonds. The van der Waals surface area contributed by atoms with Gasteiger partial charge in [-0.05, 0) is 74.6 Å². The van der Waals surface area contributed by atoms with E-state index in [1.54, 1.807) is 33.7 Å². The number of hydrogen-bond acceptors (Lipinski definition) is 16. The summed E-state index contributed by atoms with van der Waals surface area (Å²) in [6.07, 6.45) is 14.5. The standard InChI is InChI=1S/C17H16ClF2N5O.C17H17F2N5O.C14H8Cl2F2N4.C4H8O.C3H9NO.CH4/c1-26-5-4-21-15-10(8-22-17(18)24-15)16-23-13-6-11(19)12(20)7-14(13)25(16)9-2-3-9;1-25-5-4-21-16-11(8-20-9-22-16)17-23-14-6-12(18)13(19)7-15(14)24(17)10-2-3-10;15-12-7(5-19-14(16)21-12)13-20-10-3-8(17)9(18)4-11(10)22(13)6-1-2-6;1-2-4-5-3-1;1-5-3-2-4;/h6-9H,2-5H2,1H3,(H,21,22,24);6-10H,2-5H2,1H3,(H,20,21,22);3-6H,1-2H2;1-4H2;2-4H2,1H3;1H4. The van der Waals surface area contributed by atoms with Crippen LogP contribution in [-0.2, 0) is 18.9 Å². The lowest BCUT2D eigenvalue weighted by Gasteiger charge is -2.12. The zero-order chi connectivity index (χ0) is 58.7. The highest BCUT2D eigenvalue weighted by molar-refractivity contribution is 6.33. The van der Waals surface area contributed by atoms with Crippen molar-refractivity contribution in [3.05, 3.63) is 112 Å². The average molecular weight is 1230 g/mol. The van der Waals surface area contributed by atoms with Crippen molar-refractivity contribution in [2.24, 2.45) is 5.73 Å². The molecule has 0 unspecified atom stereocenters. The summed E-state index contributed by atoms with van der Waals surface area (Å²) in [5.41, 5.74) is 9.67. The predicted molar refractivity (Wildman–Crippen MR) is 310 cm³/mol. The van der Waals surface area contributed by atoms with Crippen molar-refractivity contribution in [3.8, 4) is 34.2 Å². The summed E-state index contributed by atoms with van der Waals surface area (Å²) in [7, 11) is 4.86. The topological polar surface area (TPSA) is 218 Å². The molecule has 1 saturated heterocycles. The van der Waals surface area contributed by atoms with E-state index in [0.717, 1.165) is 76.0 Å². The second-order valence-electron chi connectivity index (χ2n) is 19.3. The molecule has 4 N–H and O–H groups in total. The van der Waals surface area contributed by atoms with Gasteiger partial charge in [0.05, 0.1) is 69.6 Å². The molecule has 28 heteroatoms. The van der Waals surface area contributed by atoms with Crippen LogP contribution in [0.25, 0.3) is 67.3 Å². The van der Waals surface area contributed by atoms with Crippen molar-refractivity contribution in [1.82, 2.24) is 58.6 Å². The zero-order valence-electron chi connectivity index (χ0n) is 45.3. The molecule has 84 heavy (non-hydrogen) atoms. The Morgan fingerprint density at radius 1 is 0.524 bits per heavy atom. The highest BCUT2D eigenvalue weighted by Crippen LogP contribution is 2.45. The molecule has 0 radical (unpaired) electrons. The van der Waals surface area contributed by atoms with Gasteiger partial charge in [0.25, 0.3) is 0 Å². The van der Waals surface area contributed by atoms with Gasteiger partial charge in [-0.15, -0.1) is 0 Å². The molecular formula is C56H62Cl3F6N15O4. The second-order valence-corrected chi connectivity index (χ2v) is 20.4. The van der Waals surface area contributed by atoms with Crippen molar-refractivity contribution in [1.29, 1.82) is 0 Å². The van der Waals surface area contributed by atoms with Crippen LogP contribution in [-0.4, -0.2) is 133 Å². The van der Waals surface area contributed by atoms with Crippen LogP contribution in [0.1, 0.15) is 76.9 Å². The number of nitrogens with two attached hydrogens (primary N) is 1. The first-order valence-corrected chi connectivity index (χ1v) is 27.7. The third kappa shape index (κ3) is 15.3. The molecule has 13 rings (SSSR count). The molecule has 3 aromatic carbocycles. The first-order valence-electron chi connectivity index (χ1n) is 26.6. The second kappa shape index (κ2) is 29.3. The van der Waals surface area contributed by atoms with E-state index in [1.807, 2.05) is 13.7 Å². The van der Waals surface area contributed by atoms with Crippen LogP contribution in [0.5, 0.6) is 0 Å². The van der Waals surface area contributed by atoms with E-state index in [9.17, 15) is 26.3 Å². The Morgan fingerprint density at radius 2 is 0.917 bits per heavy atom. The minimum absolute atomic E-state index is 0. The number of rotatable bonds is 16. The number of nitrogens with one attached hydrogen (secondary N) is 2. The average Bonchev–Trinajstić information content (AvgIpc) is 4.31. The number of ether oxygens (including phenoxy) is 4. The fourth-order valence-corrected chi connectivity index (χ4v) is 9.43. The van der Waals surface area contributed by atoms with Gasteiger partial charge in [-0.25, -0.2) is 71.2 Å². The predicted octanol–water partition coefficient (Wildman–Crippen LogP) is 12.4. The number of methoxy groups -OCH3 is 3. The number of imidazole rings is 3. The summed E-state index contributed by atoms with van der Waals surface area (Å²) in [5, 5.41) is 6.61. The molecule has 4 aliphatic rings. The lowest BCUT2D eigenvalue weighted by molar-refractivity contribution is 0.198. The maximum atomic E-state index is 13.8. The van der Waals surface area contributed by atoms with Crippen molar-refractivity contribution in [2.45, 2.75) is 76.9 Å². The Morgan fingerprint density at radius 3 is 1.30 bits per heavy atom. The van der Waals surface area contributed by atoms with Crippen LogP contribution in [0.2, 0.25) is 15.7 Å². The van der Waals surface area contributed by atoms with E-state index < -0.39 is 34.9 Å². The highest BCUT2D eigenvalue weighted by Gasteiger charge is 2.33. The molecule has 4 fully saturated rings. The number of halogens is 9. The maximum absolute atomic E-state index is 13.8. The minimum atomic E-state index is -0.932. The summed E-state index contributed by atoms with van der Waals surface area (Å²) in [5.74, 6) is -2.64. The molecule has 7 heterocycles. The normalized spacial score (nSPS) is 14.4. The molecule has 0 bridgehead atoms. The van der Waals surface area contributed by atoms with E-state index in [0.29, 0.717) is 118 Å². The van der Waals surface area contributed by atoms with Gasteiger partial charge >= 0.3 is 0 Å². The Hall–Kier alpha value is -6.84. The van der Waals surface area contributed by atoms with Crippen LogP contribution in [0.3, 0.4) is 0 Å². The summed E-state index contributed by atoms with van der Waals surface area (Å²) in [6, 6.07) is 7.50. The van der Waals surface area contributed by atoms with Gasteiger partial charge in [-0.2, -0.15) is 0 Å². The monoisotopic (exact) mass is 1230 g/mol. The van der Waals surface area contributed by atoms with E-state index >= 15 is 0 Å². The quantitative estimate of drug-likeness (QED) is 0.0355. The molecule has 1 aliphatic heterocycles. The number of fused-ring (bicyclic) bond motifs is 3. The molecule has 6 aromatic heterocycles. The Kier molecular flexibility index (Phi) is 22.0. The molecule has 0 spiro atoms. The summed E-state index contributed by atoms with van der Waals surface area (Å²) < 4.78 is 107. The molecule has 9 aromatic rings. The van der Waals surface area contributed by atoms with Crippen molar-refractivity contribution >= 4 is 79.5 Å². The number of benzene rings is 3. The summed E-state index contributed by atoms with van der Waals surface area (Å²) in [4.78, 5) is 37.9. The fourth-order valence-electron chi connectivity index (χ4n) is 8.90. The van der Waals surface area contributed by atoms with Gasteiger partial charge in [0.1, 0.15) is 40.6 Å². The first-order chi connectivity index (χ1) is 40.2. The number of nitrogens with zero attached hydrogens (tertiary/aromatic N) is 12. The fraction of sp³-hybridized carbons (Fsp3) is 0.411. The van der Waals surface area contributed by atoms with E-state index in [2.05, 4.69) is 60.2 Å². The van der Waals surface area contributed by atoms with Gasteiger partial charge in [0.15, 0.2) is 34.9 Å². The Balaban J connectivity index is 0.000000151. The van der Waals surface area contributed by atoms with Crippen LogP contribution >= 0.6 is 34.8 Å². The molecule has 0 atom stereocenters. The van der Waals surface area contributed by atoms with Crippen molar-refractivity contribution in [3.63, 3.8) is 0 Å². The van der Waals surface area contributed by atoms with Crippen molar-refractivity contribution in [2.75, 3.05) is 84.6 Å². The molecule has 19 nitrogen and oxygen atoms in total. The number of hydrogen-bond donors (Lipinski definition) is 3. The van der Waals surface area contributed by atoms with E-state index in [1.165, 1.54) is 37.5 Å². The van der Waals surface area contributed by atoms with E-state index in [4.69, 9.17) is 54.7 Å². The maximum Gasteiger partial charge on any atom is 0.224 e. The van der Waals surface area contributed by atoms with E-state index in [-0.39, 0.29) is 41.3 Å². The van der Waals surface area contributed by atoms with Crippen LogP contribution in [0, 0.1) is 34.9 Å². The van der Waals surface area contributed by atoms with Gasteiger partial charge in [-0.3, -0.25) is 0 Å². The van der Waals surface area contributed by atoms with Gasteiger partial charge in [-0.1, -0.05) is 19.0 Å². The van der Waals surface area contributed by atoms with Crippen LogP contribution < -0.4 is 16.4 Å². The Labute approximate surface area is 494 Å². The van der Waals surface area contributed by atoms with Crippen LogP contribution in [0.4, 0.5) is 38.0 Å². The van der Waals surface area contributed by atoms with Gasteiger partial charge in [0, 0.05) is 127 Å². The minimum Gasteiger partial charge on any atom is -0.383 e. The molecule has 3 aliphatic carbocycles. The smallest absolute Gasteiger partial charge is 0.224 e. The van der Waals surface area contributed by atoms with Gasteiger partial charge in [0.2, 0.25) is 10.6 Å². The lowest BCUT2D eigenvalue weighted by atomic mass is 10.2. The number of aromatic nitrogens is 12. The first kappa shape index (κ1) is 63.2. The largest absolute Gasteiger partial charge is 0.383 e. The van der Waals surface area contributed by atoms with Crippen LogP contribution in [0.15, 0.2) is 61.3 Å². The molecule has 3 saturated carbocycles. The number of anilines is 2. The lowest BCUT2D eigenvalue weighted by Crippen LogP contribution is -2.11. The summed E-state index contributed by atoms with van der Waals surface area (Å²) >= 11 is 17.8. The van der Waals surface area contributed by atoms with Gasteiger partial charge < -0.3 is 49.0 Å². The zero-order valence-corrected chi connectivity index (χ0v) is 47.6.